The van der Waals surface area contributed by atoms with Crippen LogP contribution in [-0.2, 0) is 10.8 Å². The van der Waals surface area contributed by atoms with E-state index in [0.29, 0.717) is 13.0 Å². The van der Waals surface area contributed by atoms with Crippen LogP contribution < -0.4 is 10.6 Å². The number of nitrogens with zero attached hydrogens (tertiary/aromatic N) is 2. The average molecular weight is 314 g/mol. The standard InChI is InChI=1S/C12H18N4O4S/c1-8(21(3)20)4-5-14-12(17)10-6-9(16(18)19)7-15-11(10)13-2/h6-8H,4-5H2,1-3H3,(H,13,15)(H,14,17). The van der Waals surface area contributed by atoms with Crippen LogP contribution >= 0.6 is 0 Å². The minimum atomic E-state index is -0.951. The van der Waals surface area contributed by atoms with Crippen molar-refractivity contribution in [2.75, 3.05) is 25.2 Å². The molecule has 0 aliphatic heterocycles. The van der Waals surface area contributed by atoms with Crippen LogP contribution in [0.3, 0.4) is 0 Å². The van der Waals surface area contributed by atoms with Crippen LogP contribution in [0.1, 0.15) is 23.7 Å². The van der Waals surface area contributed by atoms with Crippen molar-refractivity contribution >= 4 is 28.2 Å². The fourth-order valence-corrected chi connectivity index (χ4v) is 2.03. The maximum absolute atomic E-state index is 12.1. The van der Waals surface area contributed by atoms with Gasteiger partial charge in [-0.3, -0.25) is 19.1 Å². The van der Waals surface area contributed by atoms with Gasteiger partial charge in [0.1, 0.15) is 12.0 Å². The van der Waals surface area contributed by atoms with Crippen LogP contribution in [0.5, 0.6) is 0 Å². The number of anilines is 1. The van der Waals surface area contributed by atoms with E-state index in [2.05, 4.69) is 15.6 Å². The molecule has 0 radical (unpaired) electrons. The van der Waals surface area contributed by atoms with Crippen molar-refractivity contribution in [3.8, 4) is 0 Å². The molecule has 9 heteroatoms. The number of nitrogens with one attached hydrogen (secondary N) is 2. The number of amides is 1. The van der Waals surface area contributed by atoms with Gasteiger partial charge >= 0.3 is 0 Å². The van der Waals surface area contributed by atoms with Gasteiger partial charge in [-0.1, -0.05) is 6.92 Å². The third kappa shape index (κ3) is 4.78. The molecule has 1 aromatic heterocycles. The Morgan fingerprint density at radius 2 is 2.24 bits per heavy atom. The number of hydrogen-bond acceptors (Lipinski definition) is 6. The minimum Gasteiger partial charge on any atom is -0.372 e. The number of nitro groups is 1. The molecule has 0 saturated carbocycles. The Morgan fingerprint density at radius 3 is 2.76 bits per heavy atom. The third-order valence-electron chi connectivity index (χ3n) is 2.97. The Hall–Kier alpha value is -2.03. The number of pyridine rings is 1. The molecule has 8 nitrogen and oxygen atoms in total. The Balaban J connectivity index is 2.78. The highest BCUT2D eigenvalue weighted by Crippen LogP contribution is 2.18. The van der Waals surface area contributed by atoms with E-state index >= 15 is 0 Å². The van der Waals surface area contributed by atoms with E-state index in [1.54, 1.807) is 13.3 Å². The predicted octanol–water partition coefficient (Wildman–Crippen LogP) is 0.918. The van der Waals surface area contributed by atoms with E-state index in [4.69, 9.17) is 0 Å². The first-order chi connectivity index (χ1) is 9.86. The highest BCUT2D eigenvalue weighted by Gasteiger charge is 2.17. The SMILES string of the molecule is CNc1ncc([N+](=O)[O-])cc1C(=O)NCCC(C)S(C)=O. The molecule has 21 heavy (non-hydrogen) atoms. The molecule has 0 bridgehead atoms. The Morgan fingerprint density at radius 1 is 1.57 bits per heavy atom. The van der Waals surface area contributed by atoms with E-state index in [0.717, 1.165) is 6.20 Å². The van der Waals surface area contributed by atoms with Crippen molar-refractivity contribution < 1.29 is 13.9 Å². The number of aromatic nitrogens is 1. The number of hydrogen-bond donors (Lipinski definition) is 2. The zero-order valence-corrected chi connectivity index (χ0v) is 12.9. The lowest BCUT2D eigenvalue weighted by Crippen LogP contribution is -2.28. The first-order valence-electron chi connectivity index (χ1n) is 6.29. The average Bonchev–Trinajstić information content (AvgIpc) is 2.45. The number of carbonyl (C=O) groups excluding carboxylic acids is 1. The van der Waals surface area contributed by atoms with E-state index in [-0.39, 0.29) is 22.3 Å². The molecule has 1 heterocycles. The van der Waals surface area contributed by atoms with Gasteiger partial charge in [-0.25, -0.2) is 4.98 Å². The van der Waals surface area contributed by atoms with E-state index in [1.807, 2.05) is 6.92 Å². The lowest BCUT2D eigenvalue weighted by Gasteiger charge is -2.11. The highest BCUT2D eigenvalue weighted by atomic mass is 32.2. The Bertz CT molecular complexity index is 564. The summed E-state index contributed by atoms with van der Waals surface area (Å²) in [5.74, 6) is -0.185. The molecule has 1 rings (SSSR count). The Kier molecular flexibility index (Phi) is 6.22. The number of carbonyl (C=O) groups is 1. The molecular weight excluding hydrogens is 296 g/mol. The van der Waals surface area contributed by atoms with Crippen LogP contribution in [0.15, 0.2) is 12.3 Å². The smallest absolute Gasteiger partial charge is 0.288 e. The van der Waals surface area contributed by atoms with Crippen LogP contribution in [0, 0.1) is 10.1 Å². The zero-order valence-electron chi connectivity index (χ0n) is 12.1. The lowest BCUT2D eigenvalue weighted by molar-refractivity contribution is -0.385. The molecule has 0 aliphatic rings. The molecule has 0 aliphatic carbocycles. The summed E-state index contributed by atoms with van der Waals surface area (Å²) in [4.78, 5) is 26.0. The second kappa shape index (κ2) is 7.67. The summed E-state index contributed by atoms with van der Waals surface area (Å²) in [6.07, 6.45) is 3.26. The van der Waals surface area contributed by atoms with Crippen LogP contribution in [0.4, 0.5) is 11.5 Å². The molecule has 0 fully saturated rings. The van der Waals surface area contributed by atoms with Crippen molar-refractivity contribution in [3.05, 3.63) is 27.9 Å². The van der Waals surface area contributed by atoms with Gasteiger partial charge in [0.15, 0.2) is 0 Å². The van der Waals surface area contributed by atoms with Crippen molar-refractivity contribution in [1.82, 2.24) is 10.3 Å². The third-order valence-corrected chi connectivity index (χ3v) is 4.34. The van der Waals surface area contributed by atoms with Crippen molar-refractivity contribution in [3.63, 3.8) is 0 Å². The first kappa shape index (κ1) is 17.0. The quantitative estimate of drug-likeness (QED) is 0.571. The predicted molar refractivity (Wildman–Crippen MR) is 80.9 cm³/mol. The summed E-state index contributed by atoms with van der Waals surface area (Å²) in [7, 11) is 0.626. The molecule has 116 valence electrons. The summed E-state index contributed by atoms with van der Waals surface area (Å²) in [5, 5.41) is 16.1. The van der Waals surface area contributed by atoms with Gasteiger partial charge in [-0.05, 0) is 6.42 Å². The van der Waals surface area contributed by atoms with Crippen LogP contribution in [-0.4, -0.2) is 45.1 Å². The lowest BCUT2D eigenvalue weighted by atomic mass is 10.2. The normalized spacial score (nSPS) is 13.3. The first-order valence-corrected chi connectivity index (χ1v) is 7.91. The maximum atomic E-state index is 12.1. The molecule has 2 N–H and O–H groups in total. The molecule has 0 saturated heterocycles. The summed E-state index contributed by atoms with van der Waals surface area (Å²) in [6.45, 7) is 2.17. The second-order valence-electron chi connectivity index (χ2n) is 4.45. The summed E-state index contributed by atoms with van der Waals surface area (Å²) >= 11 is 0. The maximum Gasteiger partial charge on any atom is 0.288 e. The van der Waals surface area contributed by atoms with Gasteiger partial charge < -0.3 is 10.6 Å². The molecular formula is C12H18N4O4S. The zero-order chi connectivity index (χ0) is 16.0. The highest BCUT2D eigenvalue weighted by molar-refractivity contribution is 7.84. The fourth-order valence-electron chi connectivity index (χ4n) is 1.58. The monoisotopic (exact) mass is 314 g/mol. The van der Waals surface area contributed by atoms with Gasteiger partial charge in [-0.2, -0.15) is 0 Å². The Labute approximate surface area is 124 Å². The molecule has 2 unspecified atom stereocenters. The summed E-state index contributed by atoms with van der Waals surface area (Å²) < 4.78 is 11.2. The topological polar surface area (TPSA) is 114 Å². The number of rotatable bonds is 7. The minimum absolute atomic E-state index is 0.0303. The summed E-state index contributed by atoms with van der Waals surface area (Å²) in [5.41, 5.74) is -0.140. The molecule has 1 amide bonds. The van der Waals surface area contributed by atoms with Crippen LogP contribution in [0.25, 0.3) is 0 Å². The van der Waals surface area contributed by atoms with Gasteiger partial charge in [0.05, 0.1) is 10.5 Å². The second-order valence-corrected chi connectivity index (χ2v) is 6.25. The largest absolute Gasteiger partial charge is 0.372 e. The molecule has 0 spiro atoms. The van der Waals surface area contributed by atoms with Gasteiger partial charge in [0, 0.05) is 42.0 Å². The molecule has 1 aromatic rings. The summed E-state index contributed by atoms with van der Waals surface area (Å²) in [6, 6.07) is 1.18. The van der Waals surface area contributed by atoms with E-state index < -0.39 is 21.6 Å². The van der Waals surface area contributed by atoms with Gasteiger partial charge in [-0.15, -0.1) is 0 Å². The molecule has 0 aromatic carbocycles. The van der Waals surface area contributed by atoms with Crippen molar-refractivity contribution in [1.29, 1.82) is 0 Å². The van der Waals surface area contributed by atoms with Crippen molar-refractivity contribution in [2.24, 2.45) is 0 Å². The van der Waals surface area contributed by atoms with Gasteiger partial charge in [0.25, 0.3) is 11.6 Å². The van der Waals surface area contributed by atoms with E-state index in [1.165, 1.54) is 6.07 Å². The van der Waals surface area contributed by atoms with Crippen molar-refractivity contribution in [2.45, 2.75) is 18.6 Å². The fraction of sp³-hybridized carbons (Fsp3) is 0.500. The van der Waals surface area contributed by atoms with Crippen LogP contribution in [0.2, 0.25) is 0 Å². The van der Waals surface area contributed by atoms with Gasteiger partial charge in [0.2, 0.25) is 0 Å². The molecule has 2 atom stereocenters. The van der Waals surface area contributed by atoms with E-state index in [9.17, 15) is 19.1 Å².